The summed E-state index contributed by atoms with van der Waals surface area (Å²) in [6.45, 7) is -0.0705. The third kappa shape index (κ3) is 3.60. The maximum atomic E-state index is 13.5. The van der Waals surface area contributed by atoms with E-state index < -0.39 is 17.6 Å². The summed E-state index contributed by atoms with van der Waals surface area (Å²) in [6.07, 6.45) is 0. The largest absolute Gasteiger partial charge is 0.455 e. The highest BCUT2D eigenvalue weighted by atomic mass is 32.1. The van der Waals surface area contributed by atoms with Crippen molar-refractivity contribution in [1.29, 1.82) is 0 Å². The van der Waals surface area contributed by atoms with Gasteiger partial charge in [-0.1, -0.05) is 30.3 Å². The third-order valence-corrected chi connectivity index (χ3v) is 4.01. The van der Waals surface area contributed by atoms with Crippen molar-refractivity contribution in [2.24, 2.45) is 0 Å². The Balaban J connectivity index is 1.67. The molecule has 1 aromatic heterocycles. The van der Waals surface area contributed by atoms with Crippen molar-refractivity contribution in [2.45, 2.75) is 6.61 Å². The molecule has 0 aliphatic rings. The van der Waals surface area contributed by atoms with Crippen LogP contribution in [0.1, 0.15) is 16.1 Å². The molecular formula is C17H11F2NO2S. The molecule has 0 amide bonds. The molecule has 0 fully saturated rings. The molecule has 2 aromatic carbocycles. The first-order valence-corrected chi connectivity index (χ1v) is 7.63. The van der Waals surface area contributed by atoms with Gasteiger partial charge in [0.15, 0.2) is 0 Å². The Hall–Kier alpha value is -2.60. The zero-order valence-corrected chi connectivity index (χ0v) is 12.6. The molecule has 0 N–H and O–H groups in total. The number of carbonyl (C=O) groups excluding carboxylic acids is 1. The van der Waals surface area contributed by atoms with Gasteiger partial charge in [-0.3, -0.25) is 0 Å². The molecule has 0 atom stereocenters. The van der Waals surface area contributed by atoms with Crippen molar-refractivity contribution in [1.82, 2.24) is 4.98 Å². The predicted octanol–water partition coefficient (Wildman–Crippen LogP) is 4.45. The number of benzene rings is 2. The summed E-state index contributed by atoms with van der Waals surface area (Å²) in [5, 5.41) is 2.58. The standard InChI is InChI=1S/C17H11F2NO2S/c18-12-6-7-14(15(19)8-12)17(21)22-9-13-10-23-16(20-13)11-4-2-1-3-5-11/h1-8,10H,9H2. The minimum atomic E-state index is -0.946. The van der Waals surface area contributed by atoms with Crippen molar-refractivity contribution < 1.29 is 18.3 Å². The third-order valence-electron chi connectivity index (χ3n) is 3.07. The number of esters is 1. The number of nitrogens with zero attached hydrogens (tertiary/aromatic N) is 1. The fourth-order valence-corrected chi connectivity index (χ4v) is 2.77. The molecule has 3 nitrogen and oxygen atoms in total. The van der Waals surface area contributed by atoms with Gasteiger partial charge >= 0.3 is 5.97 Å². The van der Waals surface area contributed by atoms with E-state index in [1.807, 2.05) is 30.3 Å². The van der Waals surface area contributed by atoms with E-state index in [4.69, 9.17) is 4.74 Å². The lowest BCUT2D eigenvalue weighted by Gasteiger charge is -2.04. The van der Waals surface area contributed by atoms with Crippen LogP contribution < -0.4 is 0 Å². The fourth-order valence-electron chi connectivity index (χ4n) is 1.96. The van der Waals surface area contributed by atoms with Crippen molar-refractivity contribution in [3.63, 3.8) is 0 Å². The molecule has 23 heavy (non-hydrogen) atoms. The van der Waals surface area contributed by atoms with E-state index in [2.05, 4.69) is 4.98 Å². The van der Waals surface area contributed by atoms with Crippen molar-refractivity contribution in [2.75, 3.05) is 0 Å². The molecule has 6 heteroatoms. The van der Waals surface area contributed by atoms with Gasteiger partial charge in [0.2, 0.25) is 0 Å². The van der Waals surface area contributed by atoms with Crippen LogP contribution in [0, 0.1) is 11.6 Å². The van der Waals surface area contributed by atoms with Gasteiger partial charge in [0.05, 0.1) is 11.3 Å². The summed E-state index contributed by atoms with van der Waals surface area (Å²) in [7, 11) is 0. The molecule has 0 spiro atoms. The van der Waals surface area contributed by atoms with Gasteiger partial charge in [-0.05, 0) is 12.1 Å². The molecule has 0 saturated carbocycles. The Labute approximate surface area is 135 Å². The lowest BCUT2D eigenvalue weighted by Crippen LogP contribution is -2.08. The van der Waals surface area contributed by atoms with Crippen LogP contribution in [0.3, 0.4) is 0 Å². The second-order valence-electron chi connectivity index (χ2n) is 4.71. The average Bonchev–Trinajstić information content (AvgIpc) is 3.02. The molecule has 1 heterocycles. The molecule has 0 bridgehead atoms. The first-order valence-electron chi connectivity index (χ1n) is 6.75. The molecule has 0 radical (unpaired) electrons. The van der Waals surface area contributed by atoms with Crippen LogP contribution in [0.5, 0.6) is 0 Å². The normalized spacial score (nSPS) is 10.5. The second-order valence-corrected chi connectivity index (χ2v) is 5.57. The van der Waals surface area contributed by atoms with Gasteiger partial charge in [-0.25, -0.2) is 18.6 Å². The van der Waals surface area contributed by atoms with Gasteiger partial charge in [-0.15, -0.1) is 11.3 Å². The molecule has 0 aliphatic heterocycles. The van der Waals surface area contributed by atoms with Crippen LogP contribution in [-0.4, -0.2) is 11.0 Å². The quantitative estimate of drug-likeness (QED) is 0.663. The number of carbonyl (C=O) groups is 1. The van der Waals surface area contributed by atoms with Gasteiger partial charge in [0.25, 0.3) is 0 Å². The topological polar surface area (TPSA) is 39.2 Å². The van der Waals surface area contributed by atoms with Gasteiger partial charge in [0.1, 0.15) is 23.2 Å². The highest BCUT2D eigenvalue weighted by Crippen LogP contribution is 2.23. The van der Waals surface area contributed by atoms with E-state index in [9.17, 15) is 13.6 Å². The smallest absolute Gasteiger partial charge is 0.341 e. The SMILES string of the molecule is O=C(OCc1csc(-c2ccccc2)n1)c1ccc(F)cc1F. The van der Waals surface area contributed by atoms with E-state index in [1.54, 1.807) is 5.38 Å². The Morgan fingerprint density at radius 3 is 2.65 bits per heavy atom. The summed E-state index contributed by atoms with van der Waals surface area (Å²) < 4.78 is 31.3. The Kier molecular flexibility index (Phi) is 4.43. The second kappa shape index (κ2) is 6.66. The first kappa shape index (κ1) is 15.3. The lowest BCUT2D eigenvalue weighted by molar-refractivity contribution is 0.0463. The molecule has 116 valence electrons. The number of aromatic nitrogens is 1. The number of hydrogen-bond donors (Lipinski definition) is 0. The molecule has 0 saturated heterocycles. The Bertz CT molecular complexity index is 834. The minimum absolute atomic E-state index is 0.0705. The van der Waals surface area contributed by atoms with Crippen LogP contribution in [0.4, 0.5) is 8.78 Å². The number of ether oxygens (including phenoxy) is 1. The van der Waals surface area contributed by atoms with Crippen LogP contribution in [-0.2, 0) is 11.3 Å². The molecule has 0 aliphatic carbocycles. The summed E-state index contributed by atoms with van der Waals surface area (Å²) in [5.41, 5.74) is 1.24. The van der Waals surface area contributed by atoms with Crippen molar-refractivity contribution >= 4 is 17.3 Å². The van der Waals surface area contributed by atoms with Crippen LogP contribution >= 0.6 is 11.3 Å². The van der Waals surface area contributed by atoms with Gasteiger partial charge < -0.3 is 4.74 Å². The molecular weight excluding hydrogens is 320 g/mol. The highest BCUT2D eigenvalue weighted by Gasteiger charge is 2.15. The number of thiazole rings is 1. The number of rotatable bonds is 4. The predicted molar refractivity (Wildman–Crippen MR) is 83.0 cm³/mol. The summed E-state index contributed by atoms with van der Waals surface area (Å²) in [5.74, 6) is -2.54. The zero-order chi connectivity index (χ0) is 16.2. The first-order chi connectivity index (χ1) is 11.1. The van der Waals surface area contributed by atoms with E-state index >= 15 is 0 Å². The van der Waals surface area contributed by atoms with E-state index in [0.29, 0.717) is 11.8 Å². The zero-order valence-electron chi connectivity index (χ0n) is 11.8. The molecule has 3 aromatic rings. The van der Waals surface area contributed by atoms with E-state index in [-0.39, 0.29) is 12.2 Å². The maximum Gasteiger partial charge on any atom is 0.341 e. The van der Waals surface area contributed by atoms with E-state index in [1.165, 1.54) is 11.3 Å². The number of halogens is 2. The van der Waals surface area contributed by atoms with Crippen molar-refractivity contribution in [3.8, 4) is 10.6 Å². The average molecular weight is 331 g/mol. The summed E-state index contributed by atoms with van der Waals surface area (Å²) >= 11 is 1.43. The molecule has 3 rings (SSSR count). The Morgan fingerprint density at radius 1 is 1.13 bits per heavy atom. The maximum absolute atomic E-state index is 13.5. The van der Waals surface area contributed by atoms with Crippen LogP contribution in [0.25, 0.3) is 10.6 Å². The highest BCUT2D eigenvalue weighted by molar-refractivity contribution is 7.13. The summed E-state index contributed by atoms with van der Waals surface area (Å²) in [6, 6.07) is 12.3. The fraction of sp³-hybridized carbons (Fsp3) is 0.0588. The van der Waals surface area contributed by atoms with Gasteiger partial charge in [-0.2, -0.15) is 0 Å². The summed E-state index contributed by atoms with van der Waals surface area (Å²) in [4.78, 5) is 16.2. The van der Waals surface area contributed by atoms with Crippen molar-refractivity contribution in [3.05, 3.63) is 76.8 Å². The Morgan fingerprint density at radius 2 is 1.91 bits per heavy atom. The minimum Gasteiger partial charge on any atom is -0.455 e. The lowest BCUT2D eigenvalue weighted by atomic mass is 10.2. The monoisotopic (exact) mass is 331 g/mol. The van der Waals surface area contributed by atoms with Gasteiger partial charge in [0, 0.05) is 17.0 Å². The molecule has 0 unspecified atom stereocenters. The number of hydrogen-bond acceptors (Lipinski definition) is 4. The van der Waals surface area contributed by atoms with Crippen LogP contribution in [0.15, 0.2) is 53.9 Å². The van der Waals surface area contributed by atoms with E-state index in [0.717, 1.165) is 22.7 Å². The van der Waals surface area contributed by atoms with Crippen LogP contribution in [0.2, 0.25) is 0 Å².